The molecule has 2 rings (SSSR count). The Morgan fingerprint density at radius 2 is 1.75 bits per heavy atom. The van der Waals surface area contributed by atoms with E-state index in [0.29, 0.717) is 24.2 Å². The first-order chi connectivity index (χ1) is 11.5. The molecule has 1 unspecified atom stereocenters. The molecule has 0 spiro atoms. The molecule has 1 fully saturated rings. The van der Waals surface area contributed by atoms with Crippen molar-refractivity contribution < 1.29 is 19.1 Å². The molecule has 1 aromatic rings. The number of alkyl halides is 1. The molecule has 5 nitrogen and oxygen atoms in total. The Balaban J connectivity index is 2.22. The molecule has 1 aliphatic carbocycles. The highest BCUT2D eigenvalue weighted by molar-refractivity contribution is 6.31. The molecule has 6 heteroatoms. The number of ether oxygens (including phenoxy) is 2. The van der Waals surface area contributed by atoms with Crippen LogP contribution >= 0.6 is 11.6 Å². The van der Waals surface area contributed by atoms with Crippen LogP contribution in [-0.4, -0.2) is 31.6 Å². The number of hydrogen-bond donors (Lipinski definition) is 1. The third-order valence-electron chi connectivity index (χ3n) is 4.54. The fourth-order valence-corrected chi connectivity index (χ4v) is 3.46. The maximum atomic E-state index is 12.7. The fraction of sp³-hybridized carbons (Fsp3) is 0.556. The number of hydrogen-bond acceptors (Lipinski definition) is 4. The van der Waals surface area contributed by atoms with Crippen molar-refractivity contribution in [3.63, 3.8) is 0 Å². The minimum atomic E-state index is -0.989. The molecule has 0 aromatic heterocycles. The van der Waals surface area contributed by atoms with Gasteiger partial charge in [-0.3, -0.25) is 4.79 Å². The van der Waals surface area contributed by atoms with E-state index in [-0.39, 0.29) is 0 Å². The molecular weight excluding hydrogens is 330 g/mol. The second-order valence-corrected chi connectivity index (χ2v) is 6.52. The number of benzene rings is 1. The molecule has 1 aliphatic rings. The van der Waals surface area contributed by atoms with Crippen molar-refractivity contribution in [1.82, 2.24) is 5.32 Å². The lowest BCUT2D eigenvalue weighted by molar-refractivity contribution is -0.151. The highest BCUT2D eigenvalue weighted by atomic mass is 35.5. The van der Waals surface area contributed by atoms with Crippen LogP contribution in [-0.2, 0) is 14.3 Å². The predicted octanol–water partition coefficient (Wildman–Crippen LogP) is 3.36. The summed E-state index contributed by atoms with van der Waals surface area (Å²) in [5, 5.41) is 1.93. The third kappa shape index (κ3) is 4.01. The Bertz CT molecular complexity index is 582. The number of carbonyl (C=O) groups excluding carboxylic acids is 2. The van der Waals surface area contributed by atoms with Crippen molar-refractivity contribution in [2.75, 3.05) is 14.2 Å². The smallest absolute Gasteiger partial charge is 0.331 e. The van der Waals surface area contributed by atoms with Crippen LogP contribution in [0, 0.1) is 0 Å². The summed E-state index contributed by atoms with van der Waals surface area (Å²) in [5.74, 6) is -0.268. The van der Waals surface area contributed by atoms with Gasteiger partial charge in [-0.25, -0.2) is 4.79 Å². The van der Waals surface area contributed by atoms with Gasteiger partial charge in [0.25, 0.3) is 0 Å². The summed E-state index contributed by atoms with van der Waals surface area (Å²) in [4.78, 5) is 25.1. The van der Waals surface area contributed by atoms with Crippen LogP contribution in [0.25, 0.3) is 0 Å². The van der Waals surface area contributed by atoms with Gasteiger partial charge in [0.05, 0.1) is 14.2 Å². The second-order valence-electron chi connectivity index (χ2n) is 6.08. The van der Waals surface area contributed by atoms with Crippen molar-refractivity contribution in [2.24, 2.45) is 0 Å². The molecule has 1 saturated carbocycles. The zero-order valence-electron chi connectivity index (χ0n) is 14.1. The standard InChI is InChI=1S/C18H24ClNO4/c1-23-14-10-6-5-9-13(14)15(19)16(21)20-18(17(22)24-2)11-7-3-4-8-12-18/h5-6,9-10,15H,3-4,7-8,11-12H2,1-2H3,(H,20,21). The molecule has 1 N–H and O–H groups in total. The summed E-state index contributed by atoms with van der Waals surface area (Å²) in [6, 6.07) is 7.10. The molecule has 0 heterocycles. The van der Waals surface area contributed by atoms with Gasteiger partial charge in [0.2, 0.25) is 5.91 Å². The number of rotatable bonds is 5. The number of esters is 1. The van der Waals surface area contributed by atoms with Crippen molar-refractivity contribution in [1.29, 1.82) is 0 Å². The lowest BCUT2D eigenvalue weighted by Gasteiger charge is -2.31. The molecule has 24 heavy (non-hydrogen) atoms. The molecular formula is C18H24ClNO4. The molecule has 0 saturated heterocycles. The zero-order chi connectivity index (χ0) is 17.6. The first-order valence-electron chi connectivity index (χ1n) is 8.21. The minimum Gasteiger partial charge on any atom is -0.496 e. The Labute approximate surface area is 147 Å². The first-order valence-corrected chi connectivity index (χ1v) is 8.65. The van der Waals surface area contributed by atoms with Crippen LogP contribution < -0.4 is 10.1 Å². The Kier molecular flexibility index (Phi) is 6.49. The van der Waals surface area contributed by atoms with Crippen molar-refractivity contribution in [2.45, 2.75) is 49.4 Å². The normalized spacial score (nSPS) is 18.1. The van der Waals surface area contributed by atoms with Gasteiger partial charge in [-0.15, -0.1) is 11.6 Å². The van der Waals surface area contributed by atoms with E-state index in [1.165, 1.54) is 14.2 Å². The van der Waals surface area contributed by atoms with Crippen molar-refractivity contribution >= 4 is 23.5 Å². The first kappa shape index (κ1) is 18.6. The monoisotopic (exact) mass is 353 g/mol. The maximum absolute atomic E-state index is 12.7. The van der Waals surface area contributed by atoms with E-state index in [2.05, 4.69) is 5.32 Å². The highest BCUT2D eigenvalue weighted by Gasteiger charge is 2.42. The van der Waals surface area contributed by atoms with E-state index in [4.69, 9.17) is 21.1 Å². The molecule has 0 aliphatic heterocycles. The largest absolute Gasteiger partial charge is 0.496 e. The van der Waals surface area contributed by atoms with Gasteiger partial charge in [-0.1, -0.05) is 43.9 Å². The van der Waals surface area contributed by atoms with E-state index >= 15 is 0 Å². The Morgan fingerprint density at radius 1 is 1.12 bits per heavy atom. The van der Waals surface area contributed by atoms with Crippen molar-refractivity contribution in [3.8, 4) is 5.75 Å². The molecule has 1 atom stereocenters. The van der Waals surface area contributed by atoms with E-state index < -0.39 is 22.8 Å². The average Bonchev–Trinajstić information content (AvgIpc) is 2.86. The summed E-state index contributed by atoms with van der Waals surface area (Å²) in [6.07, 6.45) is 4.98. The molecule has 0 bridgehead atoms. The van der Waals surface area contributed by atoms with Gasteiger partial charge in [0, 0.05) is 5.56 Å². The SMILES string of the molecule is COC(=O)C1(NC(=O)C(Cl)c2ccccc2OC)CCCCCC1. The van der Waals surface area contributed by atoms with Crippen LogP contribution in [0.5, 0.6) is 5.75 Å². The van der Waals surface area contributed by atoms with Gasteiger partial charge in [-0.2, -0.15) is 0 Å². The highest BCUT2D eigenvalue weighted by Crippen LogP contribution is 2.33. The summed E-state index contributed by atoms with van der Waals surface area (Å²) >= 11 is 6.37. The Morgan fingerprint density at radius 3 is 2.33 bits per heavy atom. The molecule has 1 amide bonds. The predicted molar refractivity (Wildman–Crippen MR) is 92.2 cm³/mol. The van der Waals surface area contributed by atoms with Gasteiger partial charge in [0.15, 0.2) is 0 Å². The minimum absolute atomic E-state index is 0.401. The van der Waals surface area contributed by atoms with Gasteiger partial charge >= 0.3 is 5.97 Å². The number of para-hydroxylation sites is 1. The van der Waals surface area contributed by atoms with Crippen LogP contribution in [0.3, 0.4) is 0 Å². The number of halogens is 1. The number of methoxy groups -OCH3 is 2. The fourth-order valence-electron chi connectivity index (χ4n) is 3.22. The third-order valence-corrected chi connectivity index (χ3v) is 4.97. The summed E-state index contributed by atoms with van der Waals surface area (Å²) < 4.78 is 10.2. The topological polar surface area (TPSA) is 64.6 Å². The van der Waals surface area contributed by atoms with Gasteiger partial charge < -0.3 is 14.8 Å². The summed E-state index contributed by atoms with van der Waals surface area (Å²) in [7, 11) is 2.88. The van der Waals surface area contributed by atoms with Gasteiger partial charge in [0.1, 0.15) is 16.7 Å². The second kappa shape index (κ2) is 8.38. The van der Waals surface area contributed by atoms with E-state index in [1.807, 2.05) is 6.07 Å². The average molecular weight is 354 g/mol. The van der Waals surface area contributed by atoms with Crippen LogP contribution in [0.15, 0.2) is 24.3 Å². The van der Waals surface area contributed by atoms with Crippen molar-refractivity contribution in [3.05, 3.63) is 29.8 Å². The van der Waals surface area contributed by atoms with E-state index in [1.54, 1.807) is 18.2 Å². The van der Waals surface area contributed by atoms with Crippen LogP contribution in [0.4, 0.5) is 0 Å². The number of nitrogens with one attached hydrogen (secondary N) is 1. The lowest BCUT2D eigenvalue weighted by Crippen LogP contribution is -2.55. The molecule has 132 valence electrons. The number of amides is 1. The zero-order valence-corrected chi connectivity index (χ0v) is 14.9. The Hall–Kier alpha value is -1.75. The van der Waals surface area contributed by atoms with Gasteiger partial charge in [-0.05, 0) is 18.9 Å². The lowest BCUT2D eigenvalue weighted by atomic mass is 9.89. The quantitative estimate of drug-likeness (QED) is 0.501. The van der Waals surface area contributed by atoms with E-state index in [9.17, 15) is 9.59 Å². The van der Waals surface area contributed by atoms with E-state index in [0.717, 1.165) is 25.7 Å². The number of carbonyl (C=O) groups is 2. The van der Waals surface area contributed by atoms with Crippen LogP contribution in [0.2, 0.25) is 0 Å². The molecule has 1 aromatic carbocycles. The van der Waals surface area contributed by atoms with Crippen LogP contribution in [0.1, 0.15) is 49.5 Å². The molecule has 0 radical (unpaired) electrons. The summed E-state index contributed by atoms with van der Waals surface area (Å²) in [5.41, 5.74) is -0.412. The summed E-state index contributed by atoms with van der Waals surface area (Å²) in [6.45, 7) is 0. The maximum Gasteiger partial charge on any atom is 0.331 e.